The van der Waals surface area contributed by atoms with Gasteiger partial charge in [-0.15, -0.1) is 0 Å². The number of thioether (sulfide) groups is 2. The molecule has 19 heavy (non-hydrogen) atoms. The van der Waals surface area contributed by atoms with Gasteiger partial charge in [-0.1, -0.05) is 23.5 Å². The number of hydrogen-bond donors (Lipinski definition) is 2. The molecule has 1 aliphatic heterocycles. The van der Waals surface area contributed by atoms with Gasteiger partial charge in [0.05, 0.1) is 11.9 Å². The molecule has 1 saturated heterocycles. The van der Waals surface area contributed by atoms with E-state index in [1.807, 2.05) is 0 Å². The van der Waals surface area contributed by atoms with Crippen LogP contribution in [0.25, 0.3) is 0 Å². The largest absolute Gasteiger partial charge is 0.387 e. The number of carbonyl (C=O) groups is 2. The second kappa shape index (κ2) is 7.05. The van der Waals surface area contributed by atoms with Gasteiger partial charge in [-0.25, -0.2) is 0 Å². The first kappa shape index (κ1) is 16.9. The first-order valence-corrected chi connectivity index (χ1v) is 7.65. The van der Waals surface area contributed by atoms with Crippen molar-refractivity contribution in [2.75, 3.05) is 18.6 Å². The van der Waals surface area contributed by atoms with Crippen LogP contribution in [-0.4, -0.2) is 63.2 Å². The molecule has 0 amide bonds. The molecule has 8 heteroatoms. The average molecular weight is 310 g/mol. The number of rotatable bonds is 5. The zero-order chi connectivity index (χ0) is 14.6. The summed E-state index contributed by atoms with van der Waals surface area (Å²) in [7, 11) is 1.34. The highest BCUT2D eigenvalue weighted by atomic mass is 32.2. The van der Waals surface area contributed by atoms with Crippen LogP contribution in [0.3, 0.4) is 0 Å². The van der Waals surface area contributed by atoms with Gasteiger partial charge in [0.2, 0.25) is 5.79 Å². The fraction of sp³-hybridized carbons (Fsp3) is 0.818. The normalized spacial score (nSPS) is 34.5. The number of ether oxygens (including phenoxy) is 2. The van der Waals surface area contributed by atoms with Gasteiger partial charge >= 0.3 is 0 Å². The van der Waals surface area contributed by atoms with E-state index in [1.165, 1.54) is 21.0 Å². The van der Waals surface area contributed by atoms with Crippen LogP contribution >= 0.6 is 23.5 Å². The first-order valence-electron chi connectivity index (χ1n) is 5.68. The molecule has 0 aliphatic carbocycles. The van der Waals surface area contributed by atoms with Gasteiger partial charge in [-0.2, -0.15) is 0 Å². The van der Waals surface area contributed by atoms with E-state index in [4.69, 9.17) is 9.47 Å². The second-order valence-corrected chi connectivity index (χ2v) is 6.54. The van der Waals surface area contributed by atoms with Crippen molar-refractivity contribution in [3.05, 3.63) is 0 Å². The van der Waals surface area contributed by atoms with Gasteiger partial charge in [0, 0.05) is 26.7 Å². The third-order valence-corrected chi connectivity index (χ3v) is 4.63. The summed E-state index contributed by atoms with van der Waals surface area (Å²) in [5.74, 6) is -1.11. The van der Waals surface area contributed by atoms with Gasteiger partial charge in [-0.3, -0.25) is 9.59 Å². The van der Waals surface area contributed by atoms with E-state index >= 15 is 0 Å². The lowest BCUT2D eigenvalue weighted by molar-refractivity contribution is -0.226. The highest BCUT2D eigenvalue weighted by molar-refractivity contribution is 8.13. The van der Waals surface area contributed by atoms with Crippen LogP contribution in [-0.2, 0) is 19.1 Å². The molecule has 1 rings (SSSR count). The molecule has 0 saturated carbocycles. The smallest absolute Gasteiger partial charge is 0.207 e. The fourth-order valence-electron chi connectivity index (χ4n) is 1.74. The van der Waals surface area contributed by atoms with Crippen molar-refractivity contribution < 1.29 is 29.3 Å². The molecule has 0 unspecified atom stereocenters. The van der Waals surface area contributed by atoms with E-state index in [2.05, 4.69) is 0 Å². The molecule has 0 bridgehead atoms. The zero-order valence-electron chi connectivity index (χ0n) is 11.0. The lowest BCUT2D eigenvalue weighted by Crippen LogP contribution is -2.47. The van der Waals surface area contributed by atoms with Crippen molar-refractivity contribution in [2.45, 2.75) is 37.9 Å². The molecule has 0 radical (unpaired) electrons. The fourth-order valence-corrected chi connectivity index (χ4v) is 3.17. The summed E-state index contributed by atoms with van der Waals surface area (Å²) in [4.78, 5) is 21.9. The Morgan fingerprint density at radius 1 is 1.26 bits per heavy atom. The van der Waals surface area contributed by atoms with Gasteiger partial charge in [-0.05, 0) is 0 Å². The molecule has 2 N–H and O–H groups in total. The van der Waals surface area contributed by atoms with Crippen LogP contribution < -0.4 is 0 Å². The summed E-state index contributed by atoms with van der Waals surface area (Å²) in [6.45, 7) is 2.81. The Bertz CT molecular complexity index is 350. The molecule has 1 heterocycles. The molecular weight excluding hydrogens is 292 g/mol. The number of aliphatic hydroxyl groups is 2. The van der Waals surface area contributed by atoms with Crippen molar-refractivity contribution >= 4 is 33.8 Å². The molecule has 1 fully saturated rings. The van der Waals surface area contributed by atoms with Gasteiger partial charge in [0.15, 0.2) is 10.2 Å². The third kappa shape index (κ3) is 4.17. The summed E-state index contributed by atoms with van der Waals surface area (Å²) >= 11 is 1.96. The van der Waals surface area contributed by atoms with Crippen molar-refractivity contribution in [3.8, 4) is 0 Å². The van der Waals surface area contributed by atoms with E-state index in [0.29, 0.717) is 0 Å². The summed E-state index contributed by atoms with van der Waals surface area (Å²) in [6, 6.07) is 0. The average Bonchev–Trinajstić information content (AvgIpc) is 2.59. The van der Waals surface area contributed by atoms with Crippen molar-refractivity contribution in [1.29, 1.82) is 0 Å². The number of carbonyl (C=O) groups excluding carboxylic acids is 2. The van der Waals surface area contributed by atoms with E-state index in [-0.39, 0.29) is 21.7 Å². The molecule has 1 aliphatic rings. The first-order chi connectivity index (χ1) is 8.82. The van der Waals surface area contributed by atoms with Crippen molar-refractivity contribution in [3.63, 3.8) is 0 Å². The molecule has 0 spiro atoms. The Morgan fingerprint density at radius 3 is 2.32 bits per heavy atom. The standard InChI is InChI=1S/C11H18O6S2/c1-6(12)18-4-8-9(14)10(15)11(16-3,17-8)5-19-7(2)13/h8-10,14-15H,4-5H2,1-3H3/t8-,9-,10+,11-/m1/s1. The molecule has 0 aromatic carbocycles. The molecule has 6 nitrogen and oxygen atoms in total. The highest BCUT2D eigenvalue weighted by Crippen LogP contribution is 2.36. The Hall–Kier alpha value is -0.120. The molecule has 110 valence electrons. The molecular formula is C11H18O6S2. The minimum Gasteiger partial charge on any atom is -0.387 e. The molecule has 0 aromatic heterocycles. The SMILES string of the molecule is CO[C@]1(CSC(C)=O)O[C@H](CSC(C)=O)[C@@H](O)[C@@H]1O. The summed E-state index contributed by atoms with van der Waals surface area (Å²) in [5.41, 5.74) is 0. The topological polar surface area (TPSA) is 93.1 Å². The lowest BCUT2D eigenvalue weighted by Gasteiger charge is -2.29. The lowest BCUT2D eigenvalue weighted by atomic mass is 10.1. The van der Waals surface area contributed by atoms with Crippen LogP contribution in [0.5, 0.6) is 0 Å². The van der Waals surface area contributed by atoms with E-state index < -0.39 is 24.1 Å². The summed E-state index contributed by atoms with van der Waals surface area (Å²) in [6.07, 6.45) is -3.13. The predicted octanol–water partition coefficient (Wildman–Crippen LogP) is 0.00910. The van der Waals surface area contributed by atoms with Crippen LogP contribution in [0.1, 0.15) is 13.8 Å². The Kier molecular flexibility index (Phi) is 6.28. The van der Waals surface area contributed by atoms with Crippen LogP contribution in [0.2, 0.25) is 0 Å². The Morgan fingerprint density at radius 2 is 1.84 bits per heavy atom. The van der Waals surface area contributed by atoms with Gasteiger partial charge in [0.25, 0.3) is 0 Å². The highest BCUT2D eigenvalue weighted by Gasteiger charge is 2.54. The zero-order valence-corrected chi connectivity index (χ0v) is 12.6. The maximum atomic E-state index is 11.0. The van der Waals surface area contributed by atoms with Crippen LogP contribution in [0.15, 0.2) is 0 Å². The predicted molar refractivity (Wildman–Crippen MR) is 72.9 cm³/mol. The summed E-state index contributed by atoms with van der Waals surface area (Å²) in [5, 5.41) is 19.7. The minimum absolute atomic E-state index is 0.0816. The van der Waals surface area contributed by atoms with Crippen LogP contribution in [0, 0.1) is 0 Å². The van der Waals surface area contributed by atoms with E-state index in [1.54, 1.807) is 0 Å². The molecule has 4 atom stereocenters. The summed E-state index contributed by atoms with van der Waals surface area (Å²) < 4.78 is 10.7. The minimum atomic E-state index is -1.42. The van der Waals surface area contributed by atoms with Crippen molar-refractivity contribution in [1.82, 2.24) is 0 Å². The Balaban J connectivity index is 2.72. The van der Waals surface area contributed by atoms with Gasteiger partial charge in [0.1, 0.15) is 12.2 Å². The van der Waals surface area contributed by atoms with E-state index in [9.17, 15) is 19.8 Å². The monoisotopic (exact) mass is 310 g/mol. The number of hydrogen-bond acceptors (Lipinski definition) is 8. The third-order valence-electron chi connectivity index (χ3n) is 2.78. The maximum absolute atomic E-state index is 11.0. The van der Waals surface area contributed by atoms with Gasteiger partial charge < -0.3 is 19.7 Å². The maximum Gasteiger partial charge on any atom is 0.207 e. The number of methoxy groups -OCH3 is 1. The number of aliphatic hydroxyl groups excluding tert-OH is 2. The Labute approximate surface area is 120 Å². The quantitative estimate of drug-likeness (QED) is 0.733. The van der Waals surface area contributed by atoms with Crippen molar-refractivity contribution in [2.24, 2.45) is 0 Å². The second-order valence-electron chi connectivity index (χ2n) is 4.19. The van der Waals surface area contributed by atoms with Crippen LogP contribution in [0.4, 0.5) is 0 Å². The van der Waals surface area contributed by atoms with E-state index in [0.717, 1.165) is 23.5 Å². The molecule has 0 aromatic rings.